The van der Waals surface area contributed by atoms with Crippen LogP contribution in [0.1, 0.15) is 0 Å². The normalized spacial score (nSPS) is 9.77. The summed E-state index contributed by atoms with van der Waals surface area (Å²) < 4.78 is 4.76. The summed E-state index contributed by atoms with van der Waals surface area (Å²) in [6.45, 7) is 0. The van der Waals surface area contributed by atoms with Gasteiger partial charge in [-0.25, -0.2) is 0 Å². The minimum atomic E-state index is -0.582. The molecule has 0 amide bonds. The van der Waals surface area contributed by atoms with Gasteiger partial charge in [0.2, 0.25) is 0 Å². The second-order valence-corrected chi connectivity index (χ2v) is 3.01. The highest BCUT2D eigenvalue weighted by atomic mass is 35.5. The maximum Gasteiger partial charge on any atom is 0.312 e. The van der Waals surface area contributed by atoms with E-state index in [1.54, 1.807) is 0 Å². The van der Waals surface area contributed by atoms with Crippen LogP contribution < -0.4 is 4.74 Å². The summed E-state index contributed by atoms with van der Waals surface area (Å²) >= 11 is 11.2. The first-order valence-corrected chi connectivity index (χ1v) is 3.99. The zero-order chi connectivity index (χ0) is 10.0. The number of halogens is 2. The van der Waals surface area contributed by atoms with Crippen LogP contribution in [0.2, 0.25) is 10.0 Å². The molecule has 4 nitrogen and oxygen atoms in total. The highest BCUT2D eigenvalue weighted by Crippen LogP contribution is 2.35. The Hall–Kier alpha value is -1.00. The van der Waals surface area contributed by atoms with Crippen molar-refractivity contribution < 1.29 is 9.66 Å². The van der Waals surface area contributed by atoms with E-state index in [0.29, 0.717) is 0 Å². The molecule has 0 radical (unpaired) electrons. The Kier molecular flexibility index (Phi) is 2.95. The number of hydrogen-bond acceptors (Lipinski definition) is 3. The first-order chi connectivity index (χ1) is 6.06. The second-order valence-electron chi connectivity index (χ2n) is 2.20. The molecule has 0 N–H and O–H groups in total. The number of methoxy groups -OCH3 is 1. The largest absolute Gasteiger partial charge is 0.490 e. The molecule has 0 saturated carbocycles. The van der Waals surface area contributed by atoms with Crippen LogP contribution in [0.5, 0.6) is 5.75 Å². The molecule has 0 atom stereocenters. The third-order valence-corrected chi connectivity index (χ3v) is 2.14. The maximum absolute atomic E-state index is 10.5. The van der Waals surface area contributed by atoms with Gasteiger partial charge in [0.05, 0.1) is 22.1 Å². The van der Waals surface area contributed by atoms with Crippen molar-refractivity contribution >= 4 is 28.9 Å². The van der Waals surface area contributed by atoms with Gasteiger partial charge in [0.15, 0.2) is 5.75 Å². The third-order valence-electron chi connectivity index (χ3n) is 1.42. The molecule has 0 aliphatic carbocycles. The summed E-state index contributed by atoms with van der Waals surface area (Å²) in [5.74, 6) is 0.0967. The molecule has 13 heavy (non-hydrogen) atoms. The fourth-order valence-electron chi connectivity index (χ4n) is 0.824. The van der Waals surface area contributed by atoms with Crippen LogP contribution in [-0.2, 0) is 0 Å². The molecular formula is C7H5Cl2NO3. The van der Waals surface area contributed by atoms with Crippen molar-refractivity contribution in [2.75, 3.05) is 7.11 Å². The van der Waals surface area contributed by atoms with Gasteiger partial charge in [0.1, 0.15) is 0 Å². The van der Waals surface area contributed by atoms with Crippen LogP contribution in [-0.4, -0.2) is 12.0 Å². The highest BCUT2D eigenvalue weighted by molar-refractivity contribution is 6.42. The first-order valence-electron chi connectivity index (χ1n) is 3.23. The Labute approximate surface area is 84.2 Å². The number of benzene rings is 1. The molecule has 6 heteroatoms. The monoisotopic (exact) mass is 221 g/mol. The average molecular weight is 222 g/mol. The van der Waals surface area contributed by atoms with Crippen molar-refractivity contribution in [3.8, 4) is 5.75 Å². The van der Waals surface area contributed by atoms with Crippen molar-refractivity contribution in [3.63, 3.8) is 0 Å². The fraction of sp³-hybridized carbons (Fsp3) is 0.143. The summed E-state index contributed by atoms with van der Waals surface area (Å²) in [6, 6.07) is 2.46. The van der Waals surface area contributed by atoms with Gasteiger partial charge < -0.3 is 4.74 Å². The molecule has 0 aliphatic heterocycles. The van der Waals surface area contributed by atoms with Crippen LogP contribution in [0.15, 0.2) is 12.1 Å². The lowest BCUT2D eigenvalue weighted by Gasteiger charge is -2.02. The summed E-state index contributed by atoms with van der Waals surface area (Å²) in [6.07, 6.45) is 0. The van der Waals surface area contributed by atoms with E-state index in [0.717, 1.165) is 6.07 Å². The average Bonchev–Trinajstić information content (AvgIpc) is 2.08. The first kappa shape index (κ1) is 10.1. The SMILES string of the molecule is COc1cc(Cl)c(Cl)cc1[N+](=O)[O-]. The van der Waals surface area contributed by atoms with Gasteiger partial charge in [-0.05, 0) is 0 Å². The topological polar surface area (TPSA) is 52.4 Å². The van der Waals surface area contributed by atoms with E-state index < -0.39 is 4.92 Å². The van der Waals surface area contributed by atoms with Gasteiger partial charge in [-0.1, -0.05) is 23.2 Å². The number of nitro benzene ring substituents is 1. The Morgan fingerprint density at radius 2 is 1.92 bits per heavy atom. The Morgan fingerprint density at radius 1 is 1.38 bits per heavy atom. The Bertz CT molecular complexity index is 354. The molecule has 0 fully saturated rings. The summed E-state index contributed by atoms with van der Waals surface area (Å²) in [5, 5.41) is 10.8. The standard InChI is InChI=1S/C7H5Cl2NO3/c1-13-7-3-5(9)4(8)2-6(7)10(11)12/h2-3H,1H3. The van der Waals surface area contributed by atoms with Gasteiger partial charge in [-0.15, -0.1) is 0 Å². The number of nitrogens with zero attached hydrogens (tertiary/aromatic N) is 1. The molecule has 1 aromatic carbocycles. The van der Waals surface area contributed by atoms with Crippen molar-refractivity contribution in [2.45, 2.75) is 0 Å². The van der Waals surface area contributed by atoms with Crippen molar-refractivity contribution in [1.82, 2.24) is 0 Å². The van der Waals surface area contributed by atoms with E-state index in [2.05, 4.69) is 0 Å². The second kappa shape index (κ2) is 3.81. The van der Waals surface area contributed by atoms with Crippen molar-refractivity contribution in [3.05, 3.63) is 32.3 Å². The zero-order valence-corrected chi connectivity index (χ0v) is 8.09. The molecule has 0 aliphatic rings. The van der Waals surface area contributed by atoms with Crippen molar-refractivity contribution in [1.29, 1.82) is 0 Å². The van der Waals surface area contributed by atoms with E-state index in [4.69, 9.17) is 27.9 Å². The molecule has 0 spiro atoms. The van der Waals surface area contributed by atoms with E-state index in [-0.39, 0.29) is 21.5 Å². The van der Waals surface area contributed by atoms with E-state index in [1.807, 2.05) is 0 Å². The molecule has 0 bridgehead atoms. The number of rotatable bonds is 2. The summed E-state index contributed by atoms with van der Waals surface area (Å²) in [7, 11) is 1.33. The molecule has 0 unspecified atom stereocenters. The Morgan fingerprint density at radius 3 is 2.38 bits per heavy atom. The molecule has 0 saturated heterocycles. The van der Waals surface area contributed by atoms with Gasteiger partial charge in [0.25, 0.3) is 0 Å². The predicted molar refractivity (Wildman–Crippen MR) is 49.7 cm³/mol. The fourth-order valence-corrected chi connectivity index (χ4v) is 1.14. The van der Waals surface area contributed by atoms with Gasteiger partial charge in [0, 0.05) is 12.1 Å². The lowest BCUT2D eigenvalue weighted by Crippen LogP contribution is -1.93. The predicted octanol–water partition coefficient (Wildman–Crippen LogP) is 2.91. The van der Waals surface area contributed by atoms with Crippen LogP contribution >= 0.6 is 23.2 Å². The van der Waals surface area contributed by atoms with Gasteiger partial charge >= 0.3 is 5.69 Å². The minimum absolute atomic E-state index is 0.0967. The lowest BCUT2D eigenvalue weighted by atomic mass is 10.3. The summed E-state index contributed by atoms with van der Waals surface area (Å²) in [5.41, 5.74) is -0.197. The molecule has 0 heterocycles. The molecular weight excluding hydrogens is 217 g/mol. The Balaban J connectivity index is 3.33. The number of nitro groups is 1. The van der Waals surface area contributed by atoms with Crippen molar-refractivity contribution in [2.24, 2.45) is 0 Å². The smallest absolute Gasteiger partial charge is 0.312 e. The highest BCUT2D eigenvalue weighted by Gasteiger charge is 2.17. The van der Waals surface area contributed by atoms with E-state index in [1.165, 1.54) is 13.2 Å². The third kappa shape index (κ3) is 2.02. The number of hydrogen-bond donors (Lipinski definition) is 0. The van der Waals surface area contributed by atoms with Gasteiger partial charge in [-0.2, -0.15) is 0 Å². The molecule has 1 rings (SSSR count). The van der Waals surface area contributed by atoms with Crippen LogP contribution in [0, 0.1) is 10.1 Å². The lowest BCUT2D eigenvalue weighted by molar-refractivity contribution is -0.385. The van der Waals surface area contributed by atoms with E-state index >= 15 is 0 Å². The van der Waals surface area contributed by atoms with Gasteiger partial charge in [-0.3, -0.25) is 10.1 Å². The summed E-state index contributed by atoms with van der Waals surface area (Å²) in [4.78, 5) is 9.89. The molecule has 0 aromatic heterocycles. The number of ether oxygens (including phenoxy) is 1. The quantitative estimate of drug-likeness (QED) is 0.570. The van der Waals surface area contributed by atoms with Crippen LogP contribution in [0.4, 0.5) is 5.69 Å². The molecule has 1 aromatic rings. The minimum Gasteiger partial charge on any atom is -0.490 e. The van der Waals surface area contributed by atoms with E-state index in [9.17, 15) is 10.1 Å². The van der Waals surface area contributed by atoms with Crippen LogP contribution in [0.3, 0.4) is 0 Å². The zero-order valence-electron chi connectivity index (χ0n) is 6.58. The van der Waals surface area contributed by atoms with Crippen LogP contribution in [0.25, 0.3) is 0 Å². The maximum atomic E-state index is 10.5. The molecule has 70 valence electrons.